The molecule has 0 fully saturated rings. The molecule has 2 heterocycles. The van der Waals surface area contributed by atoms with Crippen molar-refractivity contribution in [2.45, 2.75) is 38.8 Å². The molecule has 246 valence electrons. The van der Waals surface area contributed by atoms with Gasteiger partial charge in [-0.05, 0) is 75.2 Å². The van der Waals surface area contributed by atoms with E-state index in [-0.39, 0.29) is 28.8 Å². The van der Waals surface area contributed by atoms with Crippen molar-refractivity contribution >= 4 is 46.9 Å². The number of amides is 3. The van der Waals surface area contributed by atoms with Crippen LogP contribution < -0.4 is 16.0 Å². The summed E-state index contributed by atoms with van der Waals surface area (Å²) in [6.07, 6.45) is 2.88. The predicted octanol–water partition coefficient (Wildman–Crippen LogP) is 5.06. The monoisotopic (exact) mass is 681 g/mol. The number of nitrogens with zero attached hydrogens (tertiary/aromatic N) is 2. The largest absolute Gasteiger partial charge is 0.505 e. The molecule has 0 saturated carbocycles. The highest BCUT2D eigenvalue weighted by Gasteiger charge is 2.31. The quantitative estimate of drug-likeness (QED) is 0.147. The number of hydrogen-bond donors (Lipinski definition) is 6. The van der Waals surface area contributed by atoms with E-state index in [9.17, 15) is 29.4 Å². The van der Waals surface area contributed by atoms with Crippen molar-refractivity contribution in [2.24, 2.45) is 0 Å². The van der Waals surface area contributed by atoms with Gasteiger partial charge in [0, 0.05) is 40.6 Å². The van der Waals surface area contributed by atoms with Gasteiger partial charge < -0.3 is 31.3 Å². The van der Waals surface area contributed by atoms with Crippen LogP contribution in [0.25, 0.3) is 22.3 Å². The van der Waals surface area contributed by atoms with Gasteiger partial charge in [-0.2, -0.15) is 0 Å². The van der Waals surface area contributed by atoms with Crippen molar-refractivity contribution in [2.75, 3.05) is 7.05 Å². The molecule has 0 aliphatic heterocycles. The minimum absolute atomic E-state index is 0.155. The summed E-state index contributed by atoms with van der Waals surface area (Å²) in [5.41, 5.74) is -0.303. The normalized spacial score (nSPS) is 11.0. The number of carbonyl (C=O) groups excluding carboxylic acids is 3. The Morgan fingerprint density at radius 3 is 1.40 bits per heavy atom. The first kappa shape index (κ1) is 36.3. The lowest BCUT2D eigenvalue weighted by molar-refractivity contribution is -0.143. The number of hydrogen-bond acceptors (Lipinski definition) is 8. The Balaban J connectivity index is 0.000000256. The molecule has 0 unspecified atom stereocenters. The molecule has 0 atom stereocenters. The second kappa shape index (κ2) is 14.9. The summed E-state index contributed by atoms with van der Waals surface area (Å²) in [4.78, 5) is 55.1. The number of nitrogens with one attached hydrogen (secondary N) is 3. The van der Waals surface area contributed by atoms with Crippen molar-refractivity contribution in [3.8, 4) is 33.8 Å². The molecule has 0 saturated heterocycles. The number of halogens is 2. The Morgan fingerprint density at radius 1 is 0.660 bits per heavy atom. The lowest BCUT2D eigenvalue weighted by atomic mass is 10.0. The van der Waals surface area contributed by atoms with Crippen LogP contribution in [-0.2, 0) is 9.59 Å². The number of aliphatic carboxylic acids is 1. The van der Waals surface area contributed by atoms with Crippen LogP contribution in [0.1, 0.15) is 48.7 Å². The highest BCUT2D eigenvalue weighted by atomic mass is 35.5. The summed E-state index contributed by atoms with van der Waals surface area (Å²) in [5.74, 6) is -3.59. The van der Waals surface area contributed by atoms with Gasteiger partial charge in [-0.1, -0.05) is 47.5 Å². The zero-order valence-corrected chi connectivity index (χ0v) is 27.6. The summed E-state index contributed by atoms with van der Waals surface area (Å²) in [7, 11) is 1.48. The number of carboxylic acids is 1. The molecule has 0 spiro atoms. The summed E-state index contributed by atoms with van der Waals surface area (Å²) >= 11 is 11.9. The SMILES string of the molecule is CC(C)(NC(=O)c1ncc(-c2cccc(Cl)c2)cc1O)C(=O)O.CNC(=O)C(C)(C)NC(=O)c1ncc(-c2cccc(Cl)c2)cc1O. The van der Waals surface area contributed by atoms with Gasteiger partial charge in [0.2, 0.25) is 5.91 Å². The van der Waals surface area contributed by atoms with Crippen LogP contribution in [0.5, 0.6) is 11.5 Å². The standard InChI is InChI=1S/C17H18ClN3O3.C16H15ClN2O4/c1-17(2,16(24)19-3)21-15(23)14-13(22)8-11(9-20-14)10-5-4-6-12(18)7-10;1-16(2,15(22)23)19-14(21)13-12(20)7-10(8-18-13)9-4-3-5-11(17)6-9/h4-9,22H,1-3H3,(H,19,24)(H,21,23);3-8,20H,1-2H3,(H,19,21)(H,22,23). The van der Waals surface area contributed by atoms with Crippen LogP contribution in [0.15, 0.2) is 73.1 Å². The molecule has 14 heteroatoms. The molecule has 4 rings (SSSR count). The van der Waals surface area contributed by atoms with Gasteiger partial charge in [-0.15, -0.1) is 0 Å². The maximum atomic E-state index is 12.3. The summed E-state index contributed by atoms with van der Waals surface area (Å²) in [6, 6.07) is 16.8. The molecular weight excluding hydrogens is 649 g/mol. The number of aromatic hydroxyl groups is 2. The molecule has 0 aliphatic carbocycles. The first-order chi connectivity index (χ1) is 21.9. The van der Waals surface area contributed by atoms with E-state index in [2.05, 4.69) is 25.9 Å². The lowest BCUT2D eigenvalue weighted by Gasteiger charge is -2.24. The van der Waals surface area contributed by atoms with E-state index in [0.29, 0.717) is 21.2 Å². The fourth-order valence-corrected chi connectivity index (χ4v) is 4.40. The van der Waals surface area contributed by atoms with Gasteiger partial charge in [-0.3, -0.25) is 14.4 Å². The van der Waals surface area contributed by atoms with Crippen molar-refractivity contribution in [3.63, 3.8) is 0 Å². The average molecular weight is 683 g/mol. The number of benzene rings is 2. The molecule has 2 aromatic heterocycles. The maximum Gasteiger partial charge on any atom is 0.328 e. The molecule has 4 aromatic rings. The minimum Gasteiger partial charge on any atom is -0.505 e. The zero-order chi connectivity index (χ0) is 35.1. The van der Waals surface area contributed by atoms with Gasteiger partial charge >= 0.3 is 5.97 Å². The Bertz CT molecular complexity index is 1830. The zero-order valence-electron chi connectivity index (χ0n) is 26.1. The number of pyridine rings is 2. The second-order valence-electron chi connectivity index (χ2n) is 11.2. The Morgan fingerprint density at radius 2 is 1.06 bits per heavy atom. The van der Waals surface area contributed by atoms with Crippen LogP contribution in [0.4, 0.5) is 0 Å². The Labute approximate surface area is 280 Å². The highest BCUT2D eigenvalue weighted by Crippen LogP contribution is 2.28. The van der Waals surface area contributed by atoms with Crippen molar-refractivity contribution in [1.29, 1.82) is 0 Å². The summed E-state index contributed by atoms with van der Waals surface area (Å²) in [6.45, 7) is 5.79. The third kappa shape index (κ3) is 9.41. The topological polar surface area (TPSA) is 191 Å². The number of aromatic nitrogens is 2. The van der Waals surface area contributed by atoms with Crippen LogP contribution in [0.2, 0.25) is 10.0 Å². The second-order valence-corrected chi connectivity index (χ2v) is 12.1. The van der Waals surface area contributed by atoms with Gasteiger partial charge in [0.05, 0.1) is 0 Å². The number of carbonyl (C=O) groups is 4. The van der Waals surface area contributed by atoms with Crippen LogP contribution in [0.3, 0.4) is 0 Å². The molecule has 0 aliphatic rings. The van der Waals surface area contributed by atoms with Crippen molar-refractivity contribution in [1.82, 2.24) is 25.9 Å². The molecule has 0 bridgehead atoms. The third-order valence-corrected chi connectivity index (χ3v) is 7.13. The van der Waals surface area contributed by atoms with Crippen molar-refractivity contribution in [3.05, 3.63) is 94.5 Å². The van der Waals surface area contributed by atoms with E-state index in [1.807, 2.05) is 6.07 Å². The highest BCUT2D eigenvalue weighted by molar-refractivity contribution is 6.31. The van der Waals surface area contributed by atoms with Crippen LogP contribution in [-0.4, -0.2) is 67.1 Å². The van der Waals surface area contributed by atoms with E-state index in [1.165, 1.54) is 45.4 Å². The summed E-state index contributed by atoms with van der Waals surface area (Å²) < 4.78 is 0. The van der Waals surface area contributed by atoms with Gasteiger partial charge in [0.15, 0.2) is 11.4 Å². The van der Waals surface area contributed by atoms with Crippen LogP contribution in [0, 0.1) is 0 Å². The molecule has 6 N–H and O–H groups in total. The molecule has 47 heavy (non-hydrogen) atoms. The first-order valence-electron chi connectivity index (χ1n) is 14.0. The van der Waals surface area contributed by atoms with E-state index in [0.717, 1.165) is 11.1 Å². The van der Waals surface area contributed by atoms with Gasteiger partial charge in [0.1, 0.15) is 22.6 Å². The van der Waals surface area contributed by atoms with Crippen LogP contribution >= 0.6 is 23.2 Å². The molecule has 2 aromatic carbocycles. The van der Waals surface area contributed by atoms with E-state index >= 15 is 0 Å². The Kier molecular flexibility index (Phi) is 11.5. The van der Waals surface area contributed by atoms with Gasteiger partial charge in [0.25, 0.3) is 11.8 Å². The third-order valence-electron chi connectivity index (χ3n) is 6.66. The fraction of sp³-hybridized carbons (Fsp3) is 0.212. The Hall–Kier alpha value is -5.20. The van der Waals surface area contributed by atoms with E-state index in [1.54, 1.807) is 56.3 Å². The molecule has 0 radical (unpaired) electrons. The number of rotatable bonds is 8. The maximum absolute atomic E-state index is 12.3. The number of carboxylic acid groups (broad SMARTS) is 1. The smallest absolute Gasteiger partial charge is 0.328 e. The number of likely N-dealkylation sites (N-methyl/N-ethyl adjacent to an activating group) is 1. The molecular formula is C33H33Cl2N5O7. The summed E-state index contributed by atoms with van der Waals surface area (Å²) in [5, 5.41) is 37.6. The van der Waals surface area contributed by atoms with E-state index < -0.39 is 28.9 Å². The lowest BCUT2D eigenvalue weighted by Crippen LogP contribution is -2.54. The average Bonchev–Trinajstić information content (AvgIpc) is 3.00. The first-order valence-corrected chi connectivity index (χ1v) is 14.7. The van der Waals surface area contributed by atoms with E-state index in [4.69, 9.17) is 28.3 Å². The fourth-order valence-electron chi connectivity index (χ4n) is 4.02. The van der Waals surface area contributed by atoms with Gasteiger partial charge in [-0.25, -0.2) is 14.8 Å². The molecule has 12 nitrogen and oxygen atoms in total. The minimum atomic E-state index is -1.48. The predicted molar refractivity (Wildman–Crippen MR) is 177 cm³/mol. The van der Waals surface area contributed by atoms with Crippen molar-refractivity contribution < 1.29 is 34.5 Å². The molecule has 3 amide bonds.